The molecule has 1 atom stereocenters. The zero-order valence-electron chi connectivity index (χ0n) is 9.78. The first-order chi connectivity index (χ1) is 7.74. The number of aliphatic carboxylic acids is 1. The monoisotopic (exact) mass is 256 g/mol. The van der Waals surface area contributed by atoms with E-state index in [4.69, 9.17) is 26.2 Å². The minimum absolute atomic E-state index is 0.482. The SMILES string of the molecule is CC1(C(=O)O)Oc2ccc(Cl)cc2C(C)(C)O1. The Labute approximate surface area is 104 Å². The summed E-state index contributed by atoms with van der Waals surface area (Å²) in [6.07, 6.45) is 0. The standard InChI is InChI=1S/C12H13ClO4/c1-11(2)8-6-7(13)4-5-9(8)16-12(3,17-11)10(14)15/h4-6H,1-3H3,(H,14,15). The lowest BCUT2D eigenvalue weighted by molar-refractivity contribution is -0.254. The first-order valence-corrected chi connectivity index (χ1v) is 5.55. The van der Waals surface area contributed by atoms with Gasteiger partial charge in [-0.1, -0.05) is 11.6 Å². The molecule has 0 saturated heterocycles. The second-order valence-electron chi connectivity index (χ2n) is 4.61. The number of hydrogen-bond acceptors (Lipinski definition) is 3. The quantitative estimate of drug-likeness (QED) is 0.839. The van der Waals surface area contributed by atoms with Crippen molar-refractivity contribution in [2.45, 2.75) is 32.2 Å². The fraction of sp³-hybridized carbons (Fsp3) is 0.417. The van der Waals surface area contributed by atoms with Gasteiger partial charge in [0.05, 0.1) is 5.60 Å². The average Bonchev–Trinajstić information content (AvgIpc) is 2.18. The molecule has 92 valence electrons. The molecular weight excluding hydrogens is 244 g/mol. The largest absolute Gasteiger partial charge is 0.476 e. The van der Waals surface area contributed by atoms with E-state index in [1.54, 1.807) is 32.0 Å². The van der Waals surface area contributed by atoms with Crippen LogP contribution in [0, 0.1) is 0 Å². The fourth-order valence-electron chi connectivity index (χ4n) is 1.92. The molecule has 1 heterocycles. The Kier molecular flexibility index (Phi) is 2.60. The van der Waals surface area contributed by atoms with Crippen LogP contribution in [0.5, 0.6) is 5.75 Å². The lowest BCUT2D eigenvalue weighted by Crippen LogP contribution is -2.52. The average molecular weight is 257 g/mol. The van der Waals surface area contributed by atoms with Gasteiger partial charge in [-0.2, -0.15) is 0 Å². The molecule has 1 unspecified atom stereocenters. The molecule has 0 amide bonds. The van der Waals surface area contributed by atoms with E-state index >= 15 is 0 Å². The molecule has 0 aromatic heterocycles. The van der Waals surface area contributed by atoms with Crippen LogP contribution in [0.3, 0.4) is 0 Å². The zero-order chi connectivity index (χ0) is 12.8. The topological polar surface area (TPSA) is 55.8 Å². The molecule has 0 spiro atoms. The minimum Gasteiger partial charge on any atom is -0.476 e. The fourth-order valence-corrected chi connectivity index (χ4v) is 2.09. The van der Waals surface area contributed by atoms with Crippen LogP contribution in [0.15, 0.2) is 18.2 Å². The number of rotatable bonds is 1. The molecule has 1 aromatic rings. The molecule has 0 radical (unpaired) electrons. The predicted molar refractivity (Wildman–Crippen MR) is 62.2 cm³/mol. The Balaban J connectivity index is 2.55. The highest BCUT2D eigenvalue weighted by atomic mass is 35.5. The second kappa shape index (κ2) is 3.62. The van der Waals surface area contributed by atoms with Crippen LogP contribution < -0.4 is 4.74 Å². The number of ether oxygens (including phenoxy) is 2. The van der Waals surface area contributed by atoms with E-state index in [1.807, 2.05) is 0 Å². The van der Waals surface area contributed by atoms with Crippen molar-refractivity contribution in [2.24, 2.45) is 0 Å². The molecule has 0 fully saturated rings. The van der Waals surface area contributed by atoms with Gasteiger partial charge in [-0.3, -0.25) is 0 Å². The summed E-state index contributed by atoms with van der Waals surface area (Å²) in [6.45, 7) is 4.95. The maximum atomic E-state index is 11.2. The van der Waals surface area contributed by atoms with Gasteiger partial charge in [-0.05, 0) is 32.0 Å². The normalized spacial score (nSPS) is 25.9. The van der Waals surface area contributed by atoms with Crippen molar-refractivity contribution in [3.8, 4) is 5.75 Å². The van der Waals surface area contributed by atoms with Crippen molar-refractivity contribution in [3.05, 3.63) is 28.8 Å². The van der Waals surface area contributed by atoms with Crippen LogP contribution in [0.4, 0.5) is 0 Å². The number of hydrogen-bond donors (Lipinski definition) is 1. The van der Waals surface area contributed by atoms with E-state index in [0.717, 1.165) is 5.56 Å². The van der Waals surface area contributed by atoms with Gasteiger partial charge >= 0.3 is 11.8 Å². The third kappa shape index (κ3) is 1.98. The van der Waals surface area contributed by atoms with Crippen LogP contribution in [0.1, 0.15) is 26.3 Å². The Bertz CT molecular complexity index is 483. The van der Waals surface area contributed by atoms with Crippen LogP contribution in [0.25, 0.3) is 0 Å². The van der Waals surface area contributed by atoms with Gasteiger partial charge in [0.15, 0.2) is 0 Å². The molecule has 1 aliphatic rings. The molecule has 0 aliphatic carbocycles. The summed E-state index contributed by atoms with van der Waals surface area (Å²) in [5.41, 5.74) is -0.0326. The second-order valence-corrected chi connectivity index (χ2v) is 5.04. The molecule has 0 saturated carbocycles. The number of carbonyl (C=O) groups is 1. The summed E-state index contributed by atoms with van der Waals surface area (Å²) >= 11 is 5.91. The summed E-state index contributed by atoms with van der Waals surface area (Å²) < 4.78 is 10.9. The summed E-state index contributed by atoms with van der Waals surface area (Å²) in [6, 6.07) is 5.03. The van der Waals surface area contributed by atoms with Crippen LogP contribution in [-0.2, 0) is 15.1 Å². The van der Waals surface area contributed by atoms with Gasteiger partial charge in [-0.25, -0.2) is 4.79 Å². The Hall–Kier alpha value is -1.26. The first-order valence-electron chi connectivity index (χ1n) is 5.17. The first kappa shape index (κ1) is 12.2. The van der Waals surface area contributed by atoms with E-state index in [9.17, 15) is 4.79 Å². The van der Waals surface area contributed by atoms with E-state index in [0.29, 0.717) is 10.8 Å². The van der Waals surface area contributed by atoms with Crippen LogP contribution in [-0.4, -0.2) is 16.9 Å². The van der Waals surface area contributed by atoms with E-state index in [1.165, 1.54) is 6.92 Å². The van der Waals surface area contributed by atoms with Gasteiger partial charge in [0.2, 0.25) is 0 Å². The molecule has 2 rings (SSSR count). The number of fused-ring (bicyclic) bond motifs is 1. The van der Waals surface area contributed by atoms with Crippen molar-refractivity contribution in [1.29, 1.82) is 0 Å². The smallest absolute Gasteiger partial charge is 0.377 e. The summed E-state index contributed by atoms with van der Waals surface area (Å²) in [7, 11) is 0. The van der Waals surface area contributed by atoms with Crippen molar-refractivity contribution >= 4 is 17.6 Å². The van der Waals surface area contributed by atoms with Gasteiger partial charge in [0.1, 0.15) is 5.75 Å². The minimum atomic E-state index is -1.68. The summed E-state index contributed by atoms with van der Waals surface area (Å²) in [5.74, 6) is -2.36. The summed E-state index contributed by atoms with van der Waals surface area (Å²) in [4.78, 5) is 11.2. The zero-order valence-corrected chi connectivity index (χ0v) is 10.5. The number of carboxylic acid groups (broad SMARTS) is 1. The lowest BCUT2D eigenvalue weighted by Gasteiger charge is -2.41. The molecule has 0 bridgehead atoms. The third-order valence-electron chi connectivity index (χ3n) is 2.73. The van der Waals surface area contributed by atoms with Gasteiger partial charge < -0.3 is 14.6 Å². The molecule has 5 heteroatoms. The molecule has 1 N–H and O–H groups in total. The van der Waals surface area contributed by atoms with E-state index in [-0.39, 0.29) is 0 Å². The maximum Gasteiger partial charge on any atom is 0.377 e. The van der Waals surface area contributed by atoms with Gasteiger partial charge in [0, 0.05) is 17.5 Å². The molecule has 4 nitrogen and oxygen atoms in total. The Morgan fingerprint density at radius 1 is 1.35 bits per heavy atom. The highest BCUT2D eigenvalue weighted by molar-refractivity contribution is 6.30. The number of benzene rings is 1. The Morgan fingerprint density at radius 2 is 2.00 bits per heavy atom. The maximum absolute atomic E-state index is 11.2. The van der Waals surface area contributed by atoms with E-state index in [2.05, 4.69) is 0 Å². The van der Waals surface area contributed by atoms with Crippen molar-refractivity contribution in [1.82, 2.24) is 0 Å². The predicted octanol–water partition coefficient (Wildman–Crippen LogP) is 2.78. The van der Waals surface area contributed by atoms with Crippen LogP contribution in [0.2, 0.25) is 5.02 Å². The molecule has 17 heavy (non-hydrogen) atoms. The lowest BCUT2D eigenvalue weighted by atomic mass is 9.95. The van der Waals surface area contributed by atoms with E-state index < -0.39 is 17.4 Å². The van der Waals surface area contributed by atoms with Crippen LogP contribution >= 0.6 is 11.6 Å². The Morgan fingerprint density at radius 3 is 2.59 bits per heavy atom. The number of carboxylic acids is 1. The van der Waals surface area contributed by atoms with Crippen molar-refractivity contribution in [2.75, 3.05) is 0 Å². The third-order valence-corrected chi connectivity index (χ3v) is 2.97. The highest BCUT2D eigenvalue weighted by Gasteiger charge is 2.48. The van der Waals surface area contributed by atoms with Gasteiger partial charge in [0.25, 0.3) is 0 Å². The summed E-state index contributed by atoms with van der Waals surface area (Å²) in [5, 5.41) is 9.69. The van der Waals surface area contributed by atoms with Crippen molar-refractivity contribution < 1.29 is 19.4 Å². The molecule has 1 aliphatic heterocycles. The number of halogens is 1. The molecular formula is C12H13ClO4. The van der Waals surface area contributed by atoms with Crippen molar-refractivity contribution in [3.63, 3.8) is 0 Å². The molecule has 1 aromatic carbocycles. The highest BCUT2D eigenvalue weighted by Crippen LogP contribution is 2.43. The van der Waals surface area contributed by atoms with Gasteiger partial charge in [-0.15, -0.1) is 0 Å².